The van der Waals surface area contributed by atoms with Gasteiger partial charge in [0.25, 0.3) is 10.0 Å². The van der Waals surface area contributed by atoms with E-state index < -0.39 is 10.0 Å². The fraction of sp³-hybridized carbons (Fsp3) is 0.440. The van der Waals surface area contributed by atoms with Crippen LogP contribution in [0.5, 0.6) is 11.5 Å². The van der Waals surface area contributed by atoms with E-state index in [-0.39, 0.29) is 22.8 Å². The first-order valence-corrected chi connectivity index (χ1v) is 13.3. The molecule has 2 fully saturated rings. The Balaban J connectivity index is 1.15. The van der Waals surface area contributed by atoms with Gasteiger partial charge in [0, 0.05) is 31.1 Å². The van der Waals surface area contributed by atoms with Crippen molar-refractivity contribution in [3.63, 3.8) is 0 Å². The van der Waals surface area contributed by atoms with Gasteiger partial charge in [0.2, 0.25) is 5.91 Å². The standard InChI is InChI=1S/C25H27N3O5S/c29-25(28-11-3-5-20(28)18-7-8-21-22(16-18)33-15-14-32-21)17-9-12-27(13-10-17)24-19-4-1-2-6-23(19)34(30,31)26-24/h1-2,4,6-8,16-17,20H,3,5,9-15H2/t20-/m0/s1. The first-order chi connectivity index (χ1) is 16.5. The number of amides is 1. The minimum absolute atomic E-state index is 0.0533. The van der Waals surface area contributed by atoms with Crippen molar-refractivity contribution in [1.29, 1.82) is 0 Å². The van der Waals surface area contributed by atoms with Crippen LogP contribution < -0.4 is 9.47 Å². The number of amidine groups is 1. The lowest BCUT2D eigenvalue weighted by Gasteiger charge is -2.36. The molecule has 1 atom stereocenters. The topological polar surface area (TPSA) is 88.5 Å². The number of rotatable bonds is 2. The molecular weight excluding hydrogens is 454 g/mol. The van der Waals surface area contributed by atoms with Crippen molar-refractivity contribution >= 4 is 21.8 Å². The lowest BCUT2D eigenvalue weighted by Crippen LogP contribution is -2.44. The highest BCUT2D eigenvalue weighted by molar-refractivity contribution is 7.90. The van der Waals surface area contributed by atoms with Gasteiger partial charge in [-0.25, -0.2) is 0 Å². The molecule has 178 valence electrons. The van der Waals surface area contributed by atoms with Crippen LogP contribution in [0.4, 0.5) is 0 Å². The molecule has 34 heavy (non-hydrogen) atoms. The van der Waals surface area contributed by atoms with E-state index >= 15 is 0 Å². The fourth-order valence-electron chi connectivity index (χ4n) is 5.53. The molecule has 6 rings (SSSR count). The first-order valence-electron chi connectivity index (χ1n) is 11.9. The number of benzene rings is 2. The molecule has 0 radical (unpaired) electrons. The molecule has 0 N–H and O–H groups in total. The summed E-state index contributed by atoms with van der Waals surface area (Å²) in [7, 11) is -3.64. The minimum atomic E-state index is -3.64. The van der Waals surface area contributed by atoms with Crippen molar-refractivity contribution < 1.29 is 22.7 Å². The molecule has 9 heteroatoms. The molecule has 2 aromatic rings. The van der Waals surface area contributed by atoms with E-state index in [9.17, 15) is 13.2 Å². The van der Waals surface area contributed by atoms with Crippen molar-refractivity contribution in [2.75, 3.05) is 32.8 Å². The fourth-order valence-corrected chi connectivity index (χ4v) is 6.76. The van der Waals surface area contributed by atoms with E-state index in [2.05, 4.69) is 4.40 Å². The molecule has 0 unspecified atom stereocenters. The van der Waals surface area contributed by atoms with E-state index in [0.29, 0.717) is 50.5 Å². The van der Waals surface area contributed by atoms with Crippen LogP contribution in [0.3, 0.4) is 0 Å². The number of sulfonamides is 1. The predicted octanol–water partition coefficient (Wildman–Crippen LogP) is 2.98. The van der Waals surface area contributed by atoms with E-state index in [1.54, 1.807) is 18.2 Å². The molecule has 4 heterocycles. The molecule has 8 nitrogen and oxygen atoms in total. The van der Waals surface area contributed by atoms with Crippen molar-refractivity contribution in [2.24, 2.45) is 10.3 Å². The maximum absolute atomic E-state index is 13.5. The third kappa shape index (κ3) is 3.62. The largest absolute Gasteiger partial charge is 0.486 e. The van der Waals surface area contributed by atoms with Crippen LogP contribution in [0, 0.1) is 5.92 Å². The molecule has 1 amide bonds. The maximum Gasteiger partial charge on any atom is 0.285 e. The third-order valence-corrected chi connectivity index (χ3v) is 8.57. The summed E-state index contributed by atoms with van der Waals surface area (Å²) < 4.78 is 40.3. The van der Waals surface area contributed by atoms with Gasteiger partial charge in [0.05, 0.1) is 6.04 Å². The van der Waals surface area contributed by atoms with Gasteiger partial charge in [-0.15, -0.1) is 4.40 Å². The molecular formula is C25H27N3O5S. The van der Waals surface area contributed by atoms with Gasteiger partial charge in [-0.1, -0.05) is 18.2 Å². The quantitative estimate of drug-likeness (QED) is 0.655. The molecule has 0 aromatic heterocycles. The Labute approximate surface area is 199 Å². The Morgan fingerprint density at radius 2 is 1.71 bits per heavy atom. The van der Waals surface area contributed by atoms with Gasteiger partial charge in [0.15, 0.2) is 17.3 Å². The van der Waals surface area contributed by atoms with Gasteiger partial charge in [-0.2, -0.15) is 8.42 Å². The SMILES string of the molecule is O=C(C1CCN(C2=NS(=O)(=O)c3ccccc32)CC1)N1CCC[C@H]1c1ccc2c(c1)OCCO2. The molecule has 0 spiro atoms. The summed E-state index contributed by atoms with van der Waals surface area (Å²) in [5, 5.41) is 0. The summed E-state index contributed by atoms with van der Waals surface area (Å²) in [4.78, 5) is 17.8. The zero-order chi connectivity index (χ0) is 23.3. The Kier molecular flexibility index (Phi) is 5.24. The van der Waals surface area contributed by atoms with Crippen LogP contribution in [0.2, 0.25) is 0 Å². The summed E-state index contributed by atoms with van der Waals surface area (Å²) in [6.07, 6.45) is 3.29. The number of piperidine rings is 1. The molecule has 2 saturated heterocycles. The summed E-state index contributed by atoms with van der Waals surface area (Å²) in [5.74, 6) is 2.15. The van der Waals surface area contributed by atoms with Crippen LogP contribution in [-0.2, 0) is 14.8 Å². The normalized spacial score (nSPS) is 23.5. The van der Waals surface area contributed by atoms with Crippen LogP contribution in [-0.4, -0.2) is 62.8 Å². The number of likely N-dealkylation sites (tertiary alicyclic amines) is 2. The lowest BCUT2D eigenvalue weighted by molar-refractivity contribution is -0.137. The highest BCUT2D eigenvalue weighted by Gasteiger charge is 2.38. The number of nitrogens with zero attached hydrogens (tertiary/aromatic N) is 3. The molecule has 0 aliphatic carbocycles. The number of carbonyl (C=O) groups is 1. The average molecular weight is 482 g/mol. The van der Waals surface area contributed by atoms with Crippen molar-refractivity contribution in [1.82, 2.24) is 9.80 Å². The number of hydrogen-bond acceptors (Lipinski definition) is 6. The van der Waals surface area contributed by atoms with Crippen molar-refractivity contribution in [3.05, 3.63) is 53.6 Å². The van der Waals surface area contributed by atoms with E-state index in [1.165, 1.54) is 0 Å². The summed E-state index contributed by atoms with van der Waals surface area (Å²) in [5.41, 5.74) is 1.75. The van der Waals surface area contributed by atoms with Crippen LogP contribution in [0.25, 0.3) is 0 Å². The van der Waals surface area contributed by atoms with E-state index in [0.717, 1.165) is 36.4 Å². The molecule has 0 saturated carbocycles. The van der Waals surface area contributed by atoms with Crippen LogP contribution in [0.15, 0.2) is 51.8 Å². The predicted molar refractivity (Wildman–Crippen MR) is 126 cm³/mol. The minimum Gasteiger partial charge on any atom is -0.486 e. The Morgan fingerprint density at radius 3 is 2.53 bits per heavy atom. The van der Waals surface area contributed by atoms with Crippen molar-refractivity contribution in [2.45, 2.75) is 36.6 Å². The zero-order valence-corrected chi connectivity index (χ0v) is 19.7. The first kappa shape index (κ1) is 21.5. The lowest BCUT2D eigenvalue weighted by atomic mass is 9.93. The van der Waals surface area contributed by atoms with Crippen LogP contribution in [0.1, 0.15) is 42.9 Å². The number of fused-ring (bicyclic) bond motifs is 2. The number of ether oxygens (including phenoxy) is 2. The summed E-state index contributed by atoms with van der Waals surface area (Å²) >= 11 is 0. The second kappa shape index (κ2) is 8.30. The van der Waals surface area contributed by atoms with Gasteiger partial charge >= 0.3 is 0 Å². The molecule has 2 aromatic carbocycles. The highest BCUT2D eigenvalue weighted by atomic mass is 32.2. The zero-order valence-electron chi connectivity index (χ0n) is 18.9. The monoisotopic (exact) mass is 481 g/mol. The van der Waals surface area contributed by atoms with Crippen molar-refractivity contribution in [3.8, 4) is 11.5 Å². The van der Waals surface area contributed by atoms with Gasteiger partial charge < -0.3 is 19.3 Å². The number of carbonyl (C=O) groups excluding carboxylic acids is 1. The Morgan fingerprint density at radius 1 is 0.941 bits per heavy atom. The van der Waals surface area contributed by atoms with E-state index in [1.807, 2.05) is 34.1 Å². The summed E-state index contributed by atoms with van der Waals surface area (Å²) in [6, 6.07) is 13.0. The Bertz CT molecular complexity index is 1270. The van der Waals surface area contributed by atoms with Gasteiger partial charge in [-0.3, -0.25) is 4.79 Å². The smallest absolute Gasteiger partial charge is 0.285 e. The van der Waals surface area contributed by atoms with E-state index in [4.69, 9.17) is 9.47 Å². The second-order valence-corrected chi connectivity index (χ2v) is 10.8. The van der Waals surface area contributed by atoms with Gasteiger partial charge in [0.1, 0.15) is 18.1 Å². The number of hydrogen-bond donors (Lipinski definition) is 0. The average Bonchev–Trinajstić information content (AvgIpc) is 3.46. The molecule has 0 bridgehead atoms. The van der Waals surface area contributed by atoms with Crippen LogP contribution >= 0.6 is 0 Å². The summed E-state index contributed by atoms with van der Waals surface area (Å²) in [6.45, 7) is 3.09. The molecule has 4 aliphatic rings. The Hall–Kier alpha value is -3.07. The molecule has 4 aliphatic heterocycles. The highest BCUT2D eigenvalue weighted by Crippen LogP contribution is 2.39. The second-order valence-electron chi connectivity index (χ2n) is 9.24. The maximum atomic E-state index is 13.5. The third-order valence-electron chi connectivity index (χ3n) is 7.24. The van der Waals surface area contributed by atoms with Gasteiger partial charge in [-0.05, 0) is 55.5 Å².